The second-order valence-corrected chi connectivity index (χ2v) is 8.47. The van der Waals surface area contributed by atoms with Gasteiger partial charge >= 0.3 is 5.97 Å². The van der Waals surface area contributed by atoms with E-state index >= 15 is 0 Å². The molecule has 1 aliphatic carbocycles. The molecule has 0 saturated heterocycles. The number of carbonyl (C=O) groups is 1. The lowest BCUT2D eigenvalue weighted by Crippen LogP contribution is -2.03. The Morgan fingerprint density at radius 1 is 0.969 bits per heavy atom. The SMILES string of the molecule is Cc1nc2c(-c3ccc(C4=CCCCC4)cc3)cccc2n1Cc1ccc(C(=O)O)cc1. The third kappa shape index (κ3) is 3.84. The molecule has 1 aliphatic rings. The fraction of sp³-hybridized carbons (Fsp3) is 0.214. The number of hydrogen-bond donors (Lipinski definition) is 1. The first kappa shape index (κ1) is 20.3. The molecule has 4 nitrogen and oxygen atoms in total. The summed E-state index contributed by atoms with van der Waals surface area (Å²) in [4.78, 5) is 16.0. The maximum absolute atomic E-state index is 11.1. The van der Waals surface area contributed by atoms with Gasteiger partial charge in [-0.25, -0.2) is 9.78 Å². The number of hydrogen-bond acceptors (Lipinski definition) is 2. The summed E-state index contributed by atoms with van der Waals surface area (Å²) < 4.78 is 2.19. The second kappa shape index (κ2) is 8.46. The maximum atomic E-state index is 11.1. The number of carboxylic acids is 1. The number of aryl methyl sites for hydroxylation is 1. The fourth-order valence-corrected chi connectivity index (χ4v) is 4.60. The van der Waals surface area contributed by atoms with Crippen molar-refractivity contribution in [3.05, 3.63) is 95.3 Å². The van der Waals surface area contributed by atoms with E-state index < -0.39 is 5.97 Å². The first-order valence-corrected chi connectivity index (χ1v) is 11.2. The average molecular weight is 423 g/mol. The van der Waals surface area contributed by atoms with Gasteiger partial charge in [0, 0.05) is 12.1 Å². The zero-order valence-electron chi connectivity index (χ0n) is 18.2. The molecule has 0 bridgehead atoms. The Labute approximate surface area is 187 Å². The van der Waals surface area contributed by atoms with Crippen LogP contribution in [0, 0.1) is 6.92 Å². The fourth-order valence-electron chi connectivity index (χ4n) is 4.60. The van der Waals surface area contributed by atoms with Crippen molar-refractivity contribution in [1.82, 2.24) is 9.55 Å². The molecule has 160 valence electrons. The molecule has 5 rings (SSSR count). The summed E-state index contributed by atoms with van der Waals surface area (Å²) >= 11 is 0. The molecule has 0 spiro atoms. The van der Waals surface area contributed by atoms with Gasteiger partial charge in [0.05, 0.1) is 16.6 Å². The van der Waals surface area contributed by atoms with Crippen molar-refractivity contribution >= 4 is 22.6 Å². The summed E-state index contributed by atoms with van der Waals surface area (Å²) in [5.41, 5.74) is 8.53. The molecule has 4 aromatic rings. The first-order valence-electron chi connectivity index (χ1n) is 11.2. The number of para-hydroxylation sites is 1. The summed E-state index contributed by atoms with van der Waals surface area (Å²) in [6.45, 7) is 2.67. The Morgan fingerprint density at radius 3 is 2.41 bits per heavy atom. The van der Waals surface area contributed by atoms with Crippen LogP contribution in [-0.4, -0.2) is 20.6 Å². The van der Waals surface area contributed by atoms with Crippen LogP contribution in [0.2, 0.25) is 0 Å². The van der Waals surface area contributed by atoms with E-state index in [9.17, 15) is 4.79 Å². The largest absolute Gasteiger partial charge is 0.478 e. The van der Waals surface area contributed by atoms with E-state index in [1.54, 1.807) is 12.1 Å². The van der Waals surface area contributed by atoms with E-state index in [0.717, 1.165) is 28.0 Å². The maximum Gasteiger partial charge on any atom is 0.335 e. The quantitative estimate of drug-likeness (QED) is 0.389. The highest BCUT2D eigenvalue weighted by Gasteiger charge is 2.14. The third-order valence-corrected chi connectivity index (χ3v) is 6.37. The van der Waals surface area contributed by atoms with Gasteiger partial charge in [0.25, 0.3) is 0 Å². The van der Waals surface area contributed by atoms with Gasteiger partial charge in [-0.2, -0.15) is 0 Å². The number of allylic oxidation sites excluding steroid dienone is 2. The van der Waals surface area contributed by atoms with E-state index in [1.807, 2.05) is 19.1 Å². The standard InChI is InChI=1S/C28H26N2O2/c1-19-29-27-25(23-16-14-22(15-17-23)21-6-3-2-4-7-21)8-5-9-26(27)30(19)18-20-10-12-24(13-11-20)28(31)32/h5-6,8-17H,2-4,7,18H2,1H3,(H,31,32). The van der Waals surface area contributed by atoms with Crippen LogP contribution in [-0.2, 0) is 6.54 Å². The monoisotopic (exact) mass is 422 g/mol. The Balaban J connectivity index is 1.48. The molecule has 32 heavy (non-hydrogen) atoms. The normalized spacial score (nSPS) is 13.8. The predicted octanol–water partition coefficient (Wildman–Crippen LogP) is 6.72. The van der Waals surface area contributed by atoms with Crippen molar-refractivity contribution in [2.75, 3.05) is 0 Å². The first-order chi connectivity index (χ1) is 15.6. The molecule has 1 heterocycles. The van der Waals surface area contributed by atoms with Crippen molar-refractivity contribution in [1.29, 1.82) is 0 Å². The summed E-state index contributed by atoms with van der Waals surface area (Å²) in [7, 11) is 0. The molecule has 0 fully saturated rings. The molecular formula is C28H26N2O2. The van der Waals surface area contributed by atoms with Crippen LogP contribution in [0.15, 0.2) is 72.8 Å². The molecule has 0 saturated carbocycles. The van der Waals surface area contributed by atoms with Crippen LogP contribution in [0.3, 0.4) is 0 Å². The molecule has 4 heteroatoms. The van der Waals surface area contributed by atoms with E-state index in [1.165, 1.54) is 42.4 Å². The van der Waals surface area contributed by atoms with Gasteiger partial charge in [-0.15, -0.1) is 0 Å². The lowest BCUT2D eigenvalue weighted by atomic mass is 9.92. The third-order valence-electron chi connectivity index (χ3n) is 6.37. The average Bonchev–Trinajstić information content (AvgIpc) is 3.15. The molecule has 1 aromatic heterocycles. The van der Waals surface area contributed by atoms with E-state index in [4.69, 9.17) is 10.1 Å². The molecule has 0 atom stereocenters. The van der Waals surface area contributed by atoms with Gasteiger partial charge in [0.2, 0.25) is 0 Å². The summed E-state index contributed by atoms with van der Waals surface area (Å²) in [6.07, 6.45) is 7.32. The van der Waals surface area contributed by atoms with Crippen LogP contribution < -0.4 is 0 Å². The van der Waals surface area contributed by atoms with Gasteiger partial charge < -0.3 is 9.67 Å². The predicted molar refractivity (Wildman–Crippen MR) is 129 cm³/mol. The summed E-state index contributed by atoms with van der Waals surface area (Å²) in [5.74, 6) is 0.0370. The second-order valence-electron chi connectivity index (χ2n) is 8.47. The molecule has 0 amide bonds. The van der Waals surface area contributed by atoms with E-state index in [-0.39, 0.29) is 0 Å². The van der Waals surface area contributed by atoms with Crippen LogP contribution >= 0.6 is 0 Å². The summed E-state index contributed by atoms with van der Waals surface area (Å²) in [5, 5.41) is 9.13. The number of nitrogens with zero attached hydrogens (tertiary/aromatic N) is 2. The molecule has 0 unspecified atom stereocenters. The highest BCUT2D eigenvalue weighted by Crippen LogP contribution is 2.32. The Kier molecular flexibility index (Phi) is 5.36. The Morgan fingerprint density at radius 2 is 1.72 bits per heavy atom. The van der Waals surface area contributed by atoms with Crippen molar-refractivity contribution in [2.24, 2.45) is 0 Å². The van der Waals surface area contributed by atoms with Gasteiger partial charge in [0.15, 0.2) is 0 Å². The Hall–Kier alpha value is -3.66. The minimum Gasteiger partial charge on any atom is -0.478 e. The lowest BCUT2D eigenvalue weighted by molar-refractivity contribution is 0.0697. The zero-order valence-corrected chi connectivity index (χ0v) is 18.2. The number of aromatic nitrogens is 2. The van der Waals surface area contributed by atoms with Gasteiger partial charge in [-0.05, 0) is 73.1 Å². The Bertz CT molecular complexity index is 1310. The minimum atomic E-state index is -0.906. The van der Waals surface area contributed by atoms with Gasteiger partial charge in [-0.3, -0.25) is 0 Å². The molecule has 0 radical (unpaired) electrons. The van der Waals surface area contributed by atoms with Gasteiger partial charge in [0.1, 0.15) is 5.82 Å². The smallest absolute Gasteiger partial charge is 0.335 e. The number of fused-ring (bicyclic) bond motifs is 1. The zero-order chi connectivity index (χ0) is 22.1. The van der Waals surface area contributed by atoms with Gasteiger partial charge in [-0.1, -0.05) is 54.6 Å². The summed E-state index contributed by atoms with van der Waals surface area (Å²) in [6, 6.07) is 22.3. The highest BCUT2D eigenvalue weighted by atomic mass is 16.4. The van der Waals surface area contributed by atoms with Crippen LogP contribution in [0.5, 0.6) is 0 Å². The topological polar surface area (TPSA) is 55.1 Å². The van der Waals surface area contributed by atoms with Crippen LogP contribution in [0.4, 0.5) is 0 Å². The van der Waals surface area contributed by atoms with E-state index in [0.29, 0.717) is 12.1 Å². The lowest BCUT2D eigenvalue weighted by Gasteiger charge is -2.13. The minimum absolute atomic E-state index is 0.302. The van der Waals surface area contributed by atoms with Crippen molar-refractivity contribution in [3.63, 3.8) is 0 Å². The molecule has 0 aliphatic heterocycles. The van der Waals surface area contributed by atoms with Crippen molar-refractivity contribution in [2.45, 2.75) is 39.2 Å². The number of aromatic carboxylic acids is 1. The highest BCUT2D eigenvalue weighted by molar-refractivity contribution is 5.93. The molecular weight excluding hydrogens is 396 g/mol. The molecule has 1 N–H and O–H groups in total. The van der Waals surface area contributed by atoms with Crippen LogP contribution in [0.25, 0.3) is 27.7 Å². The number of rotatable bonds is 5. The van der Waals surface area contributed by atoms with Crippen molar-refractivity contribution in [3.8, 4) is 11.1 Å². The number of carboxylic acid groups (broad SMARTS) is 1. The number of benzene rings is 3. The van der Waals surface area contributed by atoms with Crippen LogP contribution in [0.1, 0.15) is 53.0 Å². The molecule has 3 aromatic carbocycles. The van der Waals surface area contributed by atoms with E-state index in [2.05, 4.69) is 53.1 Å². The number of imidazole rings is 1. The van der Waals surface area contributed by atoms with Crippen molar-refractivity contribution < 1.29 is 9.90 Å².